The number of benzene rings is 2. The fourth-order valence-electron chi connectivity index (χ4n) is 2.31. The predicted molar refractivity (Wildman–Crippen MR) is 104 cm³/mol. The maximum Gasteiger partial charge on any atom is 0.262 e. The molecule has 2 aromatic rings. The maximum absolute atomic E-state index is 12.8. The number of sulfonamides is 1. The van der Waals surface area contributed by atoms with Crippen LogP contribution >= 0.6 is 0 Å². The molecule has 0 aliphatic rings. The Morgan fingerprint density at radius 3 is 2.48 bits per heavy atom. The van der Waals surface area contributed by atoms with E-state index >= 15 is 0 Å². The van der Waals surface area contributed by atoms with Gasteiger partial charge in [-0.1, -0.05) is 13.0 Å². The van der Waals surface area contributed by atoms with Crippen molar-refractivity contribution in [1.29, 1.82) is 0 Å². The molecule has 0 saturated heterocycles. The lowest BCUT2D eigenvalue weighted by atomic mass is 10.2. The van der Waals surface area contributed by atoms with Crippen LogP contribution in [0.3, 0.4) is 0 Å². The summed E-state index contributed by atoms with van der Waals surface area (Å²) in [6.07, 6.45) is 0.779. The molecule has 2 aromatic carbocycles. The largest absolute Gasteiger partial charge is 0.497 e. The van der Waals surface area contributed by atoms with E-state index in [9.17, 15) is 13.2 Å². The number of hydrogen-bond donors (Lipinski definition) is 2. The molecule has 1 atom stereocenters. The number of anilines is 1. The first kappa shape index (κ1) is 20.6. The molecule has 2 rings (SSSR count). The summed E-state index contributed by atoms with van der Waals surface area (Å²) in [6.45, 7) is 3.84. The maximum atomic E-state index is 12.8. The van der Waals surface area contributed by atoms with Crippen molar-refractivity contribution in [3.63, 3.8) is 0 Å². The highest BCUT2D eigenvalue weighted by Crippen LogP contribution is 2.31. The highest BCUT2D eigenvalue weighted by Gasteiger charge is 2.19. The SMILES string of the molecule is CCC(C)NC(=O)c1cccc(S(=O)(=O)Nc2cc(OC)ccc2OC)c1. The van der Waals surface area contributed by atoms with Crippen molar-refractivity contribution in [2.75, 3.05) is 18.9 Å². The zero-order valence-electron chi connectivity index (χ0n) is 15.8. The molecule has 0 radical (unpaired) electrons. The topological polar surface area (TPSA) is 93.7 Å². The smallest absolute Gasteiger partial charge is 0.262 e. The van der Waals surface area contributed by atoms with Crippen LogP contribution in [0.4, 0.5) is 5.69 Å². The molecule has 7 nitrogen and oxygen atoms in total. The number of hydrogen-bond acceptors (Lipinski definition) is 5. The number of amides is 1. The number of methoxy groups -OCH3 is 2. The molecule has 2 N–H and O–H groups in total. The number of carbonyl (C=O) groups is 1. The normalized spacial score (nSPS) is 12.1. The van der Waals surface area contributed by atoms with E-state index in [2.05, 4.69) is 10.0 Å². The highest BCUT2D eigenvalue weighted by atomic mass is 32.2. The van der Waals surface area contributed by atoms with Gasteiger partial charge < -0.3 is 14.8 Å². The second-order valence-electron chi connectivity index (χ2n) is 5.98. The third-order valence-corrected chi connectivity index (χ3v) is 5.41. The van der Waals surface area contributed by atoms with Gasteiger partial charge >= 0.3 is 0 Å². The first-order chi connectivity index (χ1) is 12.8. The molecule has 0 aromatic heterocycles. The Balaban J connectivity index is 2.32. The van der Waals surface area contributed by atoms with Gasteiger partial charge in [-0.15, -0.1) is 0 Å². The van der Waals surface area contributed by atoms with Crippen molar-refractivity contribution in [2.45, 2.75) is 31.2 Å². The van der Waals surface area contributed by atoms with Crippen LogP contribution in [-0.4, -0.2) is 34.6 Å². The Labute approximate surface area is 159 Å². The molecule has 0 saturated carbocycles. The Hall–Kier alpha value is -2.74. The molecular formula is C19H24N2O5S. The van der Waals surface area contributed by atoms with Gasteiger partial charge in [-0.25, -0.2) is 8.42 Å². The molecule has 146 valence electrons. The first-order valence-corrected chi connectivity index (χ1v) is 9.94. The summed E-state index contributed by atoms with van der Waals surface area (Å²) in [4.78, 5) is 12.2. The van der Waals surface area contributed by atoms with E-state index in [-0.39, 0.29) is 28.1 Å². The van der Waals surface area contributed by atoms with Gasteiger partial charge in [0.15, 0.2) is 0 Å². The zero-order valence-corrected chi connectivity index (χ0v) is 16.6. The van der Waals surface area contributed by atoms with Crippen LogP contribution in [0.1, 0.15) is 30.6 Å². The monoisotopic (exact) mass is 392 g/mol. The predicted octanol–water partition coefficient (Wildman–Crippen LogP) is 3.03. The Morgan fingerprint density at radius 1 is 1.11 bits per heavy atom. The van der Waals surface area contributed by atoms with Gasteiger partial charge in [-0.05, 0) is 43.7 Å². The molecule has 0 spiro atoms. The Morgan fingerprint density at radius 2 is 1.85 bits per heavy atom. The van der Waals surface area contributed by atoms with Crippen molar-refractivity contribution >= 4 is 21.6 Å². The van der Waals surface area contributed by atoms with Gasteiger partial charge in [0.05, 0.1) is 24.8 Å². The molecule has 1 unspecified atom stereocenters. The van der Waals surface area contributed by atoms with Crippen molar-refractivity contribution in [1.82, 2.24) is 5.32 Å². The van der Waals surface area contributed by atoms with E-state index in [1.165, 1.54) is 38.5 Å². The van der Waals surface area contributed by atoms with Crippen molar-refractivity contribution in [3.05, 3.63) is 48.0 Å². The standard InChI is InChI=1S/C19H24N2O5S/c1-5-13(2)20-19(22)14-7-6-8-16(11-14)27(23,24)21-17-12-15(25-3)9-10-18(17)26-4/h6-13,21H,5H2,1-4H3,(H,20,22). The third-order valence-electron chi connectivity index (χ3n) is 4.05. The lowest BCUT2D eigenvalue weighted by Crippen LogP contribution is -2.32. The molecule has 0 bridgehead atoms. The van der Waals surface area contributed by atoms with Crippen LogP contribution in [-0.2, 0) is 10.0 Å². The van der Waals surface area contributed by atoms with E-state index in [1.807, 2.05) is 13.8 Å². The summed E-state index contributed by atoms with van der Waals surface area (Å²) < 4.78 is 38.4. The Kier molecular flexibility index (Phi) is 6.68. The lowest BCUT2D eigenvalue weighted by molar-refractivity contribution is 0.0939. The minimum atomic E-state index is -3.93. The van der Waals surface area contributed by atoms with Gasteiger partial charge in [-0.3, -0.25) is 9.52 Å². The quantitative estimate of drug-likeness (QED) is 0.720. The molecule has 0 heterocycles. The van der Waals surface area contributed by atoms with E-state index in [0.717, 1.165) is 6.42 Å². The molecule has 1 amide bonds. The zero-order chi connectivity index (χ0) is 20.0. The molecule has 8 heteroatoms. The third kappa shape index (κ3) is 5.13. The minimum Gasteiger partial charge on any atom is -0.497 e. The minimum absolute atomic E-state index is 0.00284. The number of rotatable bonds is 8. The second kappa shape index (κ2) is 8.77. The van der Waals surface area contributed by atoms with Gasteiger partial charge in [0, 0.05) is 17.7 Å². The fourth-order valence-corrected chi connectivity index (χ4v) is 3.42. The number of nitrogens with one attached hydrogen (secondary N) is 2. The van der Waals surface area contributed by atoms with Gasteiger partial charge in [0.2, 0.25) is 0 Å². The van der Waals surface area contributed by atoms with Crippen LogP contribution in [0.5, 0.6) is 11.5 Å². The van der Waals surface area contributed by atoms with Crippen LogP contribution in [0.15, 0.2) is 47.4 Å². The summed E-state index contributed by atoms with van der Waals surface area (Å²) >= 11 is 0. The van der Waals surface area contributed by atoms with Gasteiger partial charge in [0.25, 0.3) is 15.9 Å². The van der Waals surface area contributed by atoms with Gasteiger partial charge in [-0.2, -0.15) is 0 Å². The number of carbonyl (C=O) groups excluding carboxylic acids is 1. The lowest BCUT2D eigenvalue weighted by Gasteiger charge is -2.14. The van der Waals surface area contributed by atoms with E-state index in [4.69, 9.17) is 9.47 Å². The van der Waals surface area contributed by atoms with Crippen LogP contribution in [0, 0.1) is 0 Å². The van der Waals surface area contributed by atoms with Crippen molar-refractivity contribution in [2.24, 2.45) is 0 Å². The molecule has 27 heavy (non-hydrogen) atoms. The molecular weight excluding hydrogens is 368 g/mol. The highest BCUT2D eigenvalue weighted by molar-refractivity contribution is 7.92. The Bertz CT molecular complexity index is 912. The van der Waals surface area contributed by atoms with Crippen LogP contribution in [0.2, 0.25) is 0 Å². The summed E-state index contributed by atoms with van der Waals surface area (Å²) in [6, 6.07) is 10.7. The molecule has 0 fully saturated rings. The average molecular weight is 392 g/mol. The summed E-state index contributed by atoms with van der Waals surface area (Å²) in [5.41, 5.74) is 0.516. The number of ether oxygens (including phenoxy) is 2. The van der Waals surface area contributed by atoms with E-state index in [1.54, 1.807) is 18.2 Å². The van der Waals surface area contributed by atoms with E-state index < -0.39 is 10.0 Å². The van der Waals surface area contributed by atoms with E-state index in [0.29, 0.717) is 11.5 Å². The summed E-state index contributed by atoms with van der Waals surface area (Å²) in [5.74, 6) is 0.514. The molecule has 0 aliphatic heterocycles. The van der Waals surface area contributed by atoms with Crippen molar-refractivity contribution in [3.8, 4) is 11.5 Å². The van der Waals surface area contributed by atoms with Crippen LogP contribution < -0.4 is 19.5 Å². The van der Waals surface area contributed by atoms with Crippen molar-refractivity contribution < 1.29 is 22.7 Å². The summed E-state index contributed by atoms with van der Waals surface area (Å²) in [7, 11) is -0.997. The second-order valence-corrected chi connectivity index (χ2v) is 7.66. The first-order valence-electron chi connectivity index (χ1n) is 8.46. The summed E-state index contributed by atoms with van der Waals surface area (Å²) in [5, 5.41) is 2.82. The molecule has 0 aliphatic carbocycles. The average Bonchev–Trinajstić information content (AvgIpc) is 2.67. The van der Waals surface area contributed by atoms with Gasteiger partial charge in [0.1, 0.15) is 11.5 Å². The fraction of sp³-hybridized carbons (Fsp3) is 0.316. The van der Waals surface area contributed by atoms with Crippen LogP contribution in [0.25, 0.3) is 0 Å².